The first-order chi connectivity index (χ1) is 7.84. The summed E-state index contributed by atoms with van der Waals surface area (Å²) < 4.78 is 0. The molecule has 0 spiro atoms. The second-order valence-corrected chi connectivity index (χ2v) is 4.69. The SMILES string of the molecule is NC(Cc1ccnc2ccccc12)C1CC1. The Hall–Kier alpha value is -1.41. The molecule has 2 nitrogen and oxygen atoms in total. The third-order valence-electron chi connectivity index (χ3n) is 3.42. The molecule has 0 bridgehead atoms. The Morgan fingerprint density at radius 3 is 2.88 bits per heavy atom. The molecule has 1 aromatic carbocycles. The first-order valence-corrected chi connectivity index (χ1v) is 5.93. The van der Waals surface area contributed by atoms with Gasteiger partial charge in [-0.2, -0.15) is 0 Å². The van der Waals surface area contributed by atoms with Crippen LogP contribution in [0.3, 0.4) is 0 Å². The van der Waals surface area contributed by atoms with Gasteiger partial charge < -0.3 is 5.73 Å². The van der Waals surface area contributed by atoms with Gasteiger partial charge in [-0.25, -0.2) is 0 Å². The minimum atomic E-state index is 0.325. The first-order valence-electron chi connectivity index (χ1n) is 5.93. The highest BCUT2D eigenvalue weighted by Gasteiger charge is 2.28. The number of fused-ring (bicyclic) bond motifs is 1. The molecular weight excluding hydrogens is 196 g/mol. The number of pyridine rings is 1. The van der Waals surface area contributed by atoms with Crippen molar-refractivity contribution in [2.24, 2.45) is 11.7 Å². The van der Waals surface area contributed by atoms with Gasteiger partial charge in [-0.1, -0.05) is 18.2 Å². The van der Waals surface area contributed by atoms with Crippen molar-refractivity contribution in [3.8, 4) is 0 Å². The van der Waals surface area contributed by atoms with Gasteiger partial charge in [0.1, 0.15) is 0 Å². The molecule has 16 heavy (non-hydrogen) atoms. The van der Waals surface area contributed by atoms with Gasteiger partial charge in [-0.3, -0.25) is 4.98 Å². The van der Waals surface area contributed by atoms with Crippen molar-refractivity contribution < 1.29 is 0 Å². The van der Waals surface area contributed by atoms with Gasteiger partial charge in [0.15, 0.2) is 0 Å². The van der Waals surface area contributed by atoms with Crippen molar-refractivity contribution in [1.82, 2.24) is 4.98 Å². The quantitative estimate of drug-likeness (QED) is 0.849. The van der Waals surface area contributed by atoms with Gasteiger partial charge in [0, 0.05) is 17.6 Å². The third kappa shape index (κ3) is 1.81. The van der Waals surface area contributed by atoms with Crippen LogP contribution in [0.15, 0.2) is 36.5 Å². The largest absolute Gasteiger partial charge is 0.327 e. The third-order valence-corrected chi connectivity index (χ3v) is 3.42. The van der Waals surface area contributed by atoms with E-state index in [9.17, 15) is 0 Å². The van der Waals surface area contributed by atoms with E-state index in [1.54, 1.807) is 0 Å². The molecule has 1 aliphatic carbocycles. The van der Waals surface area contributed by atoms with Crippen molar-refractivity contribution in [2.75, 3.05) is 0 Å². The predicted molar refractivity (Wildman–Crippen MR) is 66.1 cm³/mol. The Labute approximate surface area is 95.5 Å². The van der Waals surface area contributed by atoms with Crippen LogP contribution in [-0.2, 0) is 6.42 Å². The van der Waals surface area contributed by atoms with E-state index in [2.05, 4.69) is 29.2 Å². The van der Waals surface area contributed by atoms with Gasteiger partial charge >= 0.3 is 0 Å². The molecule has 0 amide bonds. The summed E-state index contributed by atoms with van der Waals surface area (Å²) in [6.45, 7) is 0. The molecule has 82 valence electrons. The van der Waals surface area contributed by atoms with Crippen LogP contribution in [0.2, 0.25) is 0 Å². The number of rotatable bonds is 3. The van der Waals surface area contributed by atoms with Crippen LogP contribution < -0.4 is 5.73 Å². The predicted octanol–water partition coefficient (Wildman–Crippen LogP) is 2.51. The topological polar surface area (TPSA) is 38.9 Å². The number of nitrogens with zero attached hydrogens (tertiary/aromatic N) is 1. The van der Waals surface area contributed by atoms with Crippen LogP contribution >= 0.6 is 0 Å². The van der Waals surface area contributed by atoms with Gasteiger partial charge in [-0.05, 0) is 42.9 Å². The molecule has 0 aliphatic heterocycles. The number of aromatic nitrogens is 1. The van der Waals surface area contributed by atoms with Crippen LogP contribution in [0.4, 0.5) is 0 Å². The number of hydrogen-bond acceptors (Lipinski definition) is 2. The summed E-state index contributed by atoms with van der Waals surface area (Å²) in [5.41, 5.74) is 8.59. The molecule has 2 N–H and O–H groups in total. The lowest BCUT2D eigenvalue weighted by atomic mass is 10.00. The Kier molecular flexibility index (Phi) is 2.37. The van der Waals surface area contributed by atoms with E-state index in [0.29, 0.717) is 6.04 Å². The van der Waals surface area contributed by atoms with Gasteiger partial charge in [0.25, 0.3) is 0 Å². The molecule has 2 aromatic rings. The Morgan fingerprint density at radius 2 is 2.06 bits per heavy atom. The zero-order valence-electron chi connectivity index (χ0n) is 9.26. The van der Waals surface area contributed by atoms with Gasteiger partial charge in [-0.15, -0.1) is 0 Å². The Balaban J connectivity index is 1.95. The van der Waals surface area contributed by atoms with Gasteiger partial charge in [0.05, 0.1) is 5.52 Å². The summed E-state index contributed by atoms with van der Waals surface area (Å²) in [6, 6.07) is 10.7. The van der Waals surface area contributed by atoms with Crippen molar-refractivity contribution in [1.29, 1.82) is 0 Å². The lowest BCUT2D eigenvalue weighted by Crippen LogP contribution is -2.25. The van der Waals surface area contributed by atoms with E-state index in [0.717, 1.165) is 17.9 Å². The first kappa shape index (κ1) is 9.79. The van der Waals surface area contributed by atoms with E-state index in [-0.39, 0.29) is 0 Å². The maximum atomic E-state index is 6.18. The smallest absolute Gasteiger partial charge is 0.0704 e. The molecule has 1 aliphatic rings. The fraction of sp³-hybridized carbons (Fsp3) is 0.357. The average Bonchev–Trinajstić information content (AvgIpc) is 3.13. The molecule has 0 saturated heterocycles. The Morgan fingerprint density at radius 1 is 1.25 bits per heavy atom. The monoisotopic (exact) mass is 212 g/mol. The van der Waals surface area contributed by atoms with Crippen LogP contribution in [-0.4, -0.2) is 11.0 Å². The van der Waals surface area contributed by atoms with E-state index >= 15 is 0 Å². The zero-order chi connectivity index (χ0) is 11.0. The fourth-order valence-corrected chi connectivity index (χ4v) is 2.28. The van der Waals surface area contributed by atoms with Crippen LogP contribution in [0.25, 0.3) is 10.9 Å². The fourth-order valence-electron chi connectivity index (χ4n) is 2.28. The van der Waals surface area contributed by atoms with E-state index in [1.165, 1.54) is 23.8 Å². The Bertz CT molecular complexity index is 498. The van der Waals surface area contributed by atoms with Crippen LogP contribution in [0, 0.1) is 5.92 Å². The second-order valence-electron chi connectivity index (χ2n) is 4.69. The number of nitrogens with two attached hydrogens (primary N) is 1. The highest BCUT2D eigenvalue weighted by Crippen LogP contribution is 2.33. The minimum absolute atomic E-state index is 0.325. The standard InChI is InChI=1S/C14H16N2/c15-13(10-5-6-10)9-11-7-8-16-14-4-2-1-3-12(11)14/h1-4,7-8,10,13H,5-6,9,15H2. The minimum Gasteiger partial charge on any atom is -0.327 e. The number of benzene rings is 1. The lowest BCUT2D eigenvalue weighted by molar-refractivity contribution is 0.593. The maximum Gasteiger partial charge on any atom is 0.0704 e. The normalized spacial score (nSPS) is 17.6. The summed E-state index contributed by atoms with van der Waals surface area (Å²) >= 11 is 0. The summed E-state index contributed by atoms with van der Waals surface area (Å²) in [5, 5.41) is 1.25. The molecular formula is C14H16N2. The molecule has 1 heterocycles. The maximum absolute atomic E-state index is 6.18. The van der Waals surface area contributed by atoms with Crippen molar-refractivity contribution in [2.45, 2.75) is 25.3 Å². The van der Waals surface area contributed by atoms with E-state index in [4.69, 9.17) is 5.73 Å². The highest BCUT2D eigenvalue weighted by molar-refractivity contribution is 5.81. The molecule has 1 fully saturated rings. The van der Waals surface area contributed by atoms with Crippen LogP contribution in [0.5, 0.6) is 0 Å². The summed E-state index contributed by atoms with van der Waals surface area (Å²) in [7, 11) is 0. The molecule has 0 radical (unpaired) electrons. The molecule has 3 rings (SSSR count). The summed E-state index contributed by atoms with van der Waals surface area (Å²) in [6.07, 6.45) is 5.49. The lowest BCUT2D eigenvalue weighted by Gasteiger charge is -2.11. The molecule has 2 heteroatoms. The summed E-state index contributed by atoms with van der Waals surface area (Å²) in [5.74, 6) is 0.756. The number of hydrogen-bond donors (Lipinski definition) is 1. The van der Waals surface area contributed by atoms with Crippen molar-refractivity contribution in [3.63, 3.8) is 0 Å². The van der Waals surface area contributed by atoms with Gasteiger partial charge in [0.2, 0.25) is 0 Å². The second kappa shape index (κ2) is 3.87. The molecule has 1 unspecified atom stereocenters. The highest BCUT2D eigenvalue weighted by atomic mass is 14.7. The van der Waals surface area contributed by atoms with E-state index < -0.39 is 0 Å². The van der Waals surface area contributed by atoms with Crippen molar-refractivity contribution >= 4 is 10.9 Å². The molecule has 1 saturated carbocycles. The molecule has 1 atom stereocenters. The van der Waals surface area contributed by atoms with Crippen LogP contribution in [0.1, 0.15) is 18.4 Å². The zero-order valence-corrected chi connectivity index (χ0v) is 9.26. The average molecular weight is 212 g/mol. The van der Waals surface area contributed by atoms with E-state index in [1.807, 2.05) is 12.3 Å². The molecule has 1 aromatic heterocycles. The number of para-hydroxylation sites is 1. The van der Waals surface area contributed by atoms with Crippen molar-refractivity contribution in [3.05, 3.63) is 42.1 Å². The summed E-state index contributed by atoms with van der Waals surface area (Å²) in [4.78, 5) is 4.37.